The molecule has 1 unspecified atom stereocenters. The third-order valence-corrected chi connectivity index (χ3v) is 2.63. The number of carbonyl (C=O) groups excluding carboxylic acids is 1. The van der Waals surface area contributed by atoms with Gasteiger partial charge in [-0.1, -0.05) is 13.8 Å². The highest BCUT2D eigenvalue weighted by Crippen LogP contribution is 2.19. The number of amides is 1. The second-order valence-corrected chi connectivity index (χ2v) is 4.70. The molecule has 0 aromatic carbocycles. The van der Waals surface area contributed by atoms with E-state index in [-0.39, 0.29) is 11.8 Å². The van der Waals surface area contributed by atoms with E-state index in [9.17, 15) is 4.79 Å². The fourth-order valence-electron chi connectivity index (χ4n) is 1.58. The molecule has 0 aliphatic heterocycles. The Balaban J connectivity index is 2.42. The molecule has 4 nitrogen and oxygen atoms in total. The molecule has 0 saturated heterocycles. The maximum absolute atomic E-state index is 11.6. The Morgan fingerprint density at radius 2 is 2.11 bits per heavy atom. The summed E-state index contributed by atoms with van der Waals surface area (Å²) in [4.78, 5) is 15.5. The van der Waals surface area contributed by atoms with Gasteiger partial charge in [-0.05, 0) is 30.0 Å². The Kier molecular flexibility index (Phi) is 5.86. The van der Waals surface area contributed by atoms with Crippen molar-refractivity contribution in [3.8, 4) is 6.07 Å². The molecule has 0 spiro atoms. The van der Waals surface area contributed by atoms with Crippen molar-refractivity contribution >= 4 is 5.91 Å². The summed E-state index contributed by atoms with van der Waals surface area (Å²) in [6.07, 6.45) is 4.26. The monoisotopic (exact) mass is 245 g/mol. The number of hydrogen-bond donors (Lipinski definition) is 1. The molecule has 4 heteroatoms. The van der Waals surface area contributed by atoms with Gasteiger partial charge in [0.1, 0.15) is 0 Å². The van der Waals surface area contributed by atoms with Gasteiger partial charge < -0.3 is 5.32 Å². The number of pyridine rings is 1. The van der Waals surface area contributed by atoms with Gasteiger partial charge in [-0.15, -0.1) is 0 Å². The highest BCUT2D eigenvalue weighted by Gasteiger charge is 2.12. The molecule has 0 bridgehead atoms. The molecule has 0 aliphatic carbocycles. The molecular weight excluding hydrogens is 226 g/mol. The minimum Gasteiger partial charge on any atom is -0.356 e. The van der Waals surface area contributed by atoms with Crippen molar-refractivity contribution in [2.75, 3.05) is 6.54 Å². The van der Waals surface area contributed by atoms with Gasteiger partial charge in [-0.2, -0.15) is 5.26 Å². The Bertz CT molecular complexity index is 409. The molecule has 0 radical (unpaired) electrons. The van der Waals surface area contributed by atoms with Gasteiger partial charge >= 0.3 is 0 Å². The van der Waals surface area contributed by atoms with Crippen molar-refractivity contribution in [3.63, 3.8) is 0 Å². The fourth-order valence-corrected chi connectivity index (χ4v) is 1.58. The summed E-state index contributed by atoms with van der Waals surface area (Å²) in [6, 6.07) is 5.87. The van der Waals surface area contributed by atoms with Crippen LogP contribution in [0.3, 0.4) is 0 Å². The first-order chi connectivity index (χ1) is 8.63. The summed E-state index contributed by atoms with van der Waals surface area (Å²) in [6.45, 7) is 4.79. The van der Waals surface area contributed by atoms with E-state index >= 15 is 0 Å². The van der Waals surface area contributed by atoms with Crippen LogP contribution in [0.2, 0.25) is 0 Å². The Morgan fingerprint density at radius 3 is 2.67 bits per heavy atom. The maximum atomic E-state index is 11.6. The zero-order valence-corrected chi connectivity index (χ0v) is 10.9. The first-order valence-electron chi connectivity index (χ1n) is 6.19. The van der Waals surface area contributed by atoms with E-state index in [1.165, 1.54) is 0 Å². The molecule has 1 atom stereocenters. The SMILES string of the molecule is CC(C)CNC(=O)CCC(C#N)c1ccncc1. The number of nitrogens with one attached hydrogen (secondary N) is 1. The molecule has 1 aromatic rings. The number of nitriles is 1. The van der Waals surface area contributed by atoms with Crippen LogP contribution in [-0.2, 0) is 4.79 Å². The van der Waals surface area contributed by atoms with Crippen molar-refractivity contribution in [2.24, 2.45) is 5.92 Å². The van der Waals surface area contributed by atoms with Crippen LogP contribution >= 0.6 is 0 Å². The van der Waals surface area contributed by atoms with E-state index in [1.807, 2.05) is 12.1 Å². The Labute approximate surface area is 108 Å². The second kappa shape index (κ2) is 7.44. The third-order valence-electron chi connectivity index (χ3n) is 2.63. The Morgan fingerprint density at radius 1 is 1.44 bits per heavy atom. The smallest absolute Gasteiger partial charge is 0.220 e. The number of nitrogens with zero attached hydrogens (tertiary/aromatic N) is 2. The van der Waals surface area contributed by atoms with Gasteiger partial charge in [0.2, 0.25) is 5.91 Å². The van der Waals surface area contributed by atoms with Crippen molar-refractivity contribution in [3.05, 3.63) is 30.1 Å². The molecule has 0 fully saturated rings. The lowest BCUT2D eigenvalue weighted by Gasteiger charge is -2.10. The zero-order chi connectivity index (χ0) is 13.4. The highest BCUT2D eigenvalue weighted by atomic mass is 16.1. The number of hydrogen-bond acceptors (Lipinski definition) is 3. The fraction of sp³-hybridized carbons (Fsp3) is 0.500. The van der Waals surface area contributed by atoms with E-state index in [0.717, 1.165) is 5.56 Å². The number of aromatic nitrogens is 1. The Hall–Kier alpha value is -1.89. The normalized spacial score (nSPS) is 11.9. The summed E-state index contributed by atoms with van der Waals surface area (Å²) >= 11 is 0. The molecule has 1 N–H and O–H groups in total. The van der Waals surface area contributed by atoms with Gasteiger partial charge in [0.25, 0.3) is 0 Å². The van der Waals surface area contributed by atoms with Gasteiger partial charge in [0.05, 0.1) is 12.0 Å². The van der Waals surface area contributed by atoms with Crippen LogP contribution < -0.4 is 5.32 Å². The van der Waals surface area contributed by atoms with Crippen LogP contribution in [0.15, 0.2) is 24.5 Å². The third kappa shape index (κ3) is 4.96. The average molecular weight is 245 g/mol. The minimum absolute atomic E-state index is 0.0120. The first kappa shape index (κ1) is 14.2. The van der Waals surface area contributed by atoms with Crippen molar-refractivity contribution < 1.29 is 4.79 Å². The predicted octanol–water partition coefficient (Wildman–Crippen LogP) is 2.24. The highest BCUT2D eigenvalue weighted by molar-refractivity contribution is 5.75. The quantitative estimate of drug-likeness (QED) is 0.835. The van der Waals surface area contributed by atoms with Crippen molar-refractivity contribution in [2.45, 2.75) is 32.6 Å². The van der Waals surface area contributed by atoms with Crippen LogP contribution in [0, 0.1) is 17.2 Å². The standard InChI is InChI=1S/C14H19N3O/c1-11(2)10-17-14(18)4-3-13(9-15)12-5-7-16-8-6-12/h5-8,11,13H,3-4,10H2,1-2H3,(H,17,18). The van der Waals surface area contributed by atoms with Crippen LogP contribution in [0.1, 0.15) is 38.2 Å². The molecule has 1 amide bonds. The van der Waals surface area contributed by atoms with Gasteiger partial charge in [-0.25, -0.2) is 0 Å². The lowest BCUT2D eigenvalue weighted by molar-refractivity contribution is -0.121. The van der Waals surface area contributed by atoms with Crippen molar-refractivity contribution in [1.29, 1.82) is 5.26 Å². The summed E-state index contributed by atoms with van der Waals surface area (Å²) < 4.78 is 0. The molecule has 0 saturated carbocycles. The first-order valence-corrected chi connectivity index (χ1v) is 6.19. The van der Waals surface area contributed by atoms with Gasteiger partial charge in [0, 0.05) is 25.4 Å². The molecule has 0 aliphatic rings. The zero-order valence-electron chi connectivity index (χ0n) is 10.9. The van der Waals surface area contributed by atoms with Crippen LogP contribution in [0.5, 0.6) is 0 Å². The summed E-state index contributed by atoms with van der Waals surface area (Å²) in [7, 11) is 0. The van der Waals surface area contributed by atoms with Gasteiger partial charge in [-0.3, -0.25) is 9.78 Å². The molecule has 18 heavy (non-hydrogen) atoms. The lowest BCUT2D eigenvalue weighted by atomic mass is 9.96. The van der Waals surface area contributed by atoms with Crippen LogP contribution in [0.25, 0.3) is 0 Å². The average Bonchev–Trinajstić information content (AvgIpc) is 2.38. The molecule has 1 rings (SSSR count). The molecular formula is C14H19N3O. The van der Waals surface area contributed by atoms with E-state index in [2.05, 4.69) is 30.2 Å². The predicted molar refractivity (Wildman–Crippen MR) is 69.7 cm³/mol. The number of carbonyl (C=O) groups is 1. The van der Waals surface area contributed by atoms with Crippen LogP contribution in [0.4, 0.5) is 0 Å². The molecule has 1 heterocycles. The largest absolute Gasteiger partial charge is 0.356 e. The van der Waals surface area contributed by atoms with E-state index < -0.39 is 0 Å². The van der Waals surface area contributed by atoms with E-state index in [0.29, 0.717) is 25.3 Å². The van der Waals surface area contributed by atoms with Crippen molar-refractivity contribution in [1.82, 2.24) is 10.3 Å². The second-order valence-electron chi connectivity index (χ2n) is 4.70. The number of rotatable bonds is 6. The lowest BCUT2D eigenvalue weighted by Crippen LogP contribution is -2.27. The van der Waals surface area contributed by atoms with E-state index in [4.69, 9.17) is 5.26 Å². The van der Waals surface area contributed by atoms with E-state index in [1.54, 1.807) is 12.4 Å². The molecule has 96 valence electrons. The summed E-state index contributed by atoms with van der Waals surface area (Å²) in [5.74, 6) is 0.219. The topological polar surface area (TPSA) is 65.8 Å². The minimum atomic E-state index is -0.238. The van der Waals surface area contributed by atoms with Gasteiger partial charge in [0.15, 0.2) is 0 Å². The van der Waals surface area contributed by atoms with Crippen LogP contribution in [-0.4, -0.2) is 17.4 Å². The molecule has 1 aromatic heterocycles. The summed E-state index contributed by atoms with van der Waals surface area (Å²) in [5.41, 5.74) is 0.921. The maximum Gasteiger partial charge on any atom is 0.220 e. The summed E-state index contributed by atoms with van der Waals surface area (Å²) in [5, 5.41) is 12.0.